The first-order valence-electron chi connectivity index (χ1n) is 7.87. The number of amides is 1. The second-order valence-corrected chi connectivity index (χ2v) is 5.68. The first-order valence-corrected chi connectivity index (χ1v) is 7.87. The number of nitrogens with zero attached hydrogens (tertiary/aromatic N) is 2. The van der Waals surface area contributed by atoms with Gasteiger partial charge in [0.15, 0.2) is 0 Å². The van der Waals surface area contributed by atoms with Crippen LogP contribution >= 0.6 is 0 Å². The number of carbonyl (C=O) groups is 2. The van der Waals surface area contributed by atoms with E-state index in [1.54, 1.807) is 0 Å². The first-order chi connectivity index (χ1) is 11.6. The third-order valence-corrected chi connectivity index (χ3v) is 4.01. The predicted octanol–water partition coefficient (Wildman–Crippen LogP) is 3.23. The molecule has 1 amide bonds. The quantitative estimate of drug-likeness (QED) is 0.919. The highest BCUT2D eigenvalue weighted by Gasteiger charge is 2.32. The van der Waals surface area contributed by atoms with E-state index in [0.717, 1.165) is 16.8 Å². The number of carbonyl (C=O) groups excluding carboxylic acids is 1. The van der Waals surface area contributed by atoms with Gasteiger partial charge in [-0.05, 0) is 11.1 Å². The largest absolute Gasteiger partial charge is 0.481 e. The number of carboxylic acid groups (broad SMARTS) is 1. The molecule has 1 heterocycles. The van der Waals surface area contributed by atoms with Gasteiger partial charge in [0, 0.05) is 12.8 Å². The third kappa shape index (κ3) is 3.51. The lowest BCUT2D eigenvalue weighted by Gasteiger charge is -2.21. The van der Waals surface area contributed by atoms with E-state index in [9.17, 15) is 9.59 Å². The Bertz CT molecular complexity index is 757. The van der Waals surface area contributed by atoms with Crippen LogP contribution in [-0.2, 0) is 9.59 Å². The van der Waals surface area contributed by atoms with Gasteiger partial charge in [-0.25, -0.2) is 5.01 Å². The second kappa shape index (κ2) is 7.08. The molecule has 3 rings (SSSR count). The average molecular weight is 322 g/mol. The minimum absolute atomic E-state index is 0.0514. The fourth-order valence-corrected chi connectivity index (χ4v) is 2.81. The molecule has 1 atom stereocenters. The maximum atomic E-state index is 12.5. The lowest BCUT2D eigenvalue weighted by Crippen LogP contribution is -2.27. The molecule has 1 aliphatic rings. The van der Waals surface area contributed by atoms with Crippen molar-refractivity contribution in [3.63, 3.8) is 0 Å². The smallest absolute Gasteiger partial charge is 0.303 e. The van der Waals surface area contributed by atoms with Gasteiger partial charge in [-0.2, -0.15) is 5.10 Å². The van der Waals surface area contributed by atoms with Gasteiger partial charge in [0.05, 0.1) is 18.2 Å². The van der Waals surface area contributed by atoms with Crippen LogP contribution < -0.4 is 0 Å². The Morgan fingerprint density at radius 1 is 1.00 bits per heavy atom. The summed E-state index contributed by atoms with van der Waals surface area (Å²) in [5, 5.41) is 14.8. The normalized spacial score (nSPS) is 16.8. The SMILES string of the molecule is O=C(O)CCC(=O)N1N=C(c2ccccc2)C[C@H]1c1ccccc1. The zero-order valence-electron chi connectivity index (χ0n) is 13.1. The molecule has 1 aliphatic heterocycles. The molecule has 5 nitrogen and oxygen atoms in total. The van der Waals surface area contributed by atoms with Crippen LogP contribution in [0.1, 0.15) is 36.4 Å². The molecule has 0 unspecified atom stereocenters. The number of hydrazone groups is 1. The maximum Gasteiger partial charge on any atom is 0.303 e. The van der Waals surface area contributed by atoms with Crippen molar-refractivity contribution >= 4 is 17.6 Å². The van der Waals surface area contributed by atoms with Gasteiger partial charge in [0.2, 0.25) is 5.91 Å². The minimum Gasteiger partial charge on any atom is -0.481 e. The van der Waals surface area contributed by atoms with Crippen molar-refractivity contribution in [2.75, 3.05) is 0 Å². The average Bonchev–Trinajstić information content (AvgIpc) is 3.06. The number of hydrogen-bond acceptors (Lipinski definition) is 3. The van der Waals surface area contributed by atoms with E-state index in [0.29, 0.717) is 6.42 Å². The zero-order valence-corrected chi connectivity index (χ0v) is 13.1. The molecular weight excluding hydrogens is 304 g/mol. The Morgan fingerprint density at radius 3 is 2.25 bits per heavy atom. The fraction of sp³-hybridized carbons (Fsp3) is 0.211. The predicted molar refractivity (Wildman–Crippen MR) is 90.5 cm³/mol. The number of aliphatic carboxylic acids is 1. The standard InChI is InChI=1S/C19H18N2O3/c22-18(11-12-19(23)24)21-17(15-9-5-2-6-10-15)13-16(20-21)14-7-3-1-4-8-14/h1-10,17H,11-13H2,(H,23,24)/t17-/m0/s1. The van der Waals surface area contributed by atoms with E-state index in [1.165, 1.54) is 5.01 Å². The molecule has 0 radical (unpaired) electrons. The van der Waals surface area contributed by atoms with Crippen molar-refractivity contribution in [1.29, 1.82) is 0 Å². The van der Waals surface area contributed by atoms with Crippen LogP contribution in [0.5, 0.6) is 0 Å². The van der Waals surface area contributed by atoms with E-state index >= 15 is 0 Å². The number of rotatable bonds is 5. The highest BCUT2D eigenvalue weighted by molar-refractivity contribution is 6.03. The molecule has 0 bridgehead atoms. The van der Waals surface area contributed by atoms with Gasteiger partial charge >= 0.3 is 5.97 Å². The number of hydrogen-bond donors (Lipinski definition) is 1. The Kier molecular flexibility index (Phi) is 4.70. The summed E-state index contributed by atoms with van der Waals surface area (Å²) in [6, 6.07) is 19.2. The molecular formula is C19H18N2O3. The van der Waals surface area contributed by atoms with Gasteiger partial charge in [-0.15, -0.1) is 0 Å². The lowest BCUT2D eigenvalue weighted by atomic mass is 9.98. The van der Waals surface area contributed by atoms with E-state index in [4.69, 9.17) is 5.11 Å². The van der Waals surface area contributed by atoms with Gasteiger partial charge in [0.25, 0.3) is 0 Å². The van der Waals surface area contributed by atoms with Gasteiger partial charge in [0.1, 0.15) is 0 Å². The molecule has 0 fully saturated rings. The number of carboxylic acids is 1. The molecule has 2 aromatic rings. The molecule has 0 saturated heterocycles. The molecule has 0 saturated carbocycles. The summed E-state index contributed by atoms with van der Waals surface area (Å²) in [5.74, 6) is -1.25. The molecule has 24 heavy (non-hydrogen) atoms. The minimum atomic E-state index is -0.980. The highest BCUT2D eigenvalue weighted by Crippen LogP contribution is 2.33. The van der Waals surface area contributed by atoms with E-state index in [1.807, 2.05) is 60.7 Å². The topological polar surface area (TPSA) is 70.0 Å². The summed E-state index contributed by atoms with van der Waals surface area (Å²) in [4.78, 5) is 23.2. The van der Waals surface area contributed by atoms with Crippen molar-refractivity contribution in [2.45, 2.75) is 25.3 Å². The van der Waals surface area contributed by atoms with Crippen molar-refractivity contribution in [3.8, 4) is 0 Å². The van der Waals surface area contributed by atoms with Crippen LogP contribution in [0.15, 0.2) is 65.8 Å². The Labute approximate surface area is 140 Å². The summed E-state index contributed by atoms with van der Waals surface area (Å²) in [6.45, 7) is 0. The molecule has 0 aromatic heterocycles. The van der Waals surface area contributed by atoms with Crippen molar-refractivity contribution in [2.24, 2.45) is 5.10 Å². The van der Waals surface area contributed by atoms with Crippen LogP contribution in [-0.4, -0.2) is 27.7 Å². The Balaban J connectivity index is 1.88. The zero-order chi connectivity index (χ0) is 16.9. The molecule has 5 heteroatoms. The second-order valence-electron chi connectivity index (χ2n) is 5.68. The highest BCUT2D eigenvalue weighted by atomic mass is 16.4. The lowest BCUT2D eigenvalue weighted by molar-refractivity contribution is -0.141. The van der Waals surface area contributed by atoms with E-state index in [-0.39, 0.29) is 24.8 Å². The number of benzene rings is 2. The first kappa shape index (κ1) is 15.9. The fourth-order valence-electron chi connectivity index (χ4n) is 2.81. The van der Waals surface area contributed by atoms with Crippen LogP contribution in [0.2, 0.25) is 0 Å². The summed E-state index contributed by atoms with van der Waals surface area (Å²) in [6.07, 6.45) is 0.379. The molecule has 0 spiro atoms. The van der Waals surface area contributed by atoms with Crippen LogP contribution in [0, 0.1) is 0 Å². The summed E-state index contributed by atoms with van der Waals surface area (Å²) >= 11 is 0. The van der Waals surface area contributed by atoms with E-state index in [2.05, 4.69) is 5.10 Å². The summed E-state index contributed by atoms with van der Waals surface area (Å²) in [7, 11) is 0. The van der Waals surface area contributed by atoms with Gasteiger partial charge < -0.3 is 5.11 Å². The molecule has 1 N–H and O–H groups in total. The van der Waals surface area contributed by atoms with Crippen LogP contribution in [0.25, 0.3) is 0 Å². The van der Waals surface area contributed by atoms with Crippen LogP contribution in [0.3, 0.4) is 0 Å². The summed E-state index contributed by atoms with van der Waals surface area (Å²) < 4.78 is 0. The monoisotopic (exact) mass is 322 g/mol. The van der Waals surface area contributed by atoms with Crippen molar-refractivity contribution < 1.29 is 14.7 Å². The van der Waals surface area contributed by atoms with Crippen molar-refractivity contribution in [3.05, 3.63) is 71.8 Å². The van der Waals surface area contributed by atoms with E-state index < -0.39 is 5.97 Å². The van der Waals surface area contributed by atoms with Gasteiger partial charge in [-0.1, -0.05) is 60.7 Å². The summed E-state index contributed by atoms with van der Waals surface area (Å²) in [5.41, 5.74) is 2.82. The Morgan fingerprint density at radius 2 is 1.62 bits per heavy atom. The Hall–Kier alpha value is -2.95. The van der Waals surface area contributed by atoms with Crippen LogP contribution in [0.4, 0.5) is 0 Å². The molecule has 2 aromatic carbocycles. The molecule has 0 aliphatic carbocycles. The van der Waals surface area contributed by atoms with Crippen molar-refractivity contribution in [1.82, 2.24) is 5.01 Å². The van der Waals surface area contributed by atoms with Gasteiger partial charge in [-0.3, -0.25) is 9.59 Å². The maximum absolute atomic E-state index is 12.5. The third-order valence-electron chi connectivity index (χ3n) is 4.01. The molecule has 122 valence electrons.